The first-order valence-electron chi connectivity index (χ1n) is 4.51. The summed E-state index contributed by atoms with van der Waals surface area (Å²) in [5.74, 6) is -0.433. The maximum Gasteiger partial charge on any atom is 0.171 e. The molecular weight excluding hydrogens is 265 g/mol. The maximum atomic E-state index is 13.8. The SMILES string of the molecule is COc1ccc(Br)c(C(O)CCN)c1F. The molecule has 0 spiro atoms. The molecular formula is C10H13BrFNO2. The van der Waals surface area contributed by atoms with E-state index in [1.54, 1.807) is 6.07 Å². The molecule has 84 valence electrons. The highest BCUT2D eigenvalue weighted by Crippen LogP contribution is 2.33. The van der Waals surface area contributed by atoms with E-state index in [0.29, 0.717) is 17.4 Å². The van der Waals surface area contributed by atoms with Gasteiger partial charge in [-0.2, -0.15) is 0 Å². The summed E-state index contributed by atoms with van der Waals surface area (Å²) in [7, 11) is 1.38. The van der Waals surface area contributed by atoms with Crippen LogP contribution in [0.1, 0.15) is 18.1 Å². The molecule has 3 nitrogen and oxygen atoms in total. The molecule has 15 heavy (non-hydrogen) atoms. The van der Waals surface area contributed by atoms with E-state index in [9.17, 15) is 9.50 Å². The van der Waals surface area contributed by atoms with Crippen molar-refractivity contribution in [1.82, 2.24) is 0 Å². The Morgan fingerprint density at radius 2 is 2.27 bits per heavy atom. The second-order valence-electron chi connectivity index (χ2n) is 3.07. The average Bonchev–Trinajstić information content (AvgIpc) is 2.18. The predicted molar refractivity (Wildman–Crippen MR) is 59.3 cm³/mol. The van der Waals surface area contributed by atoms with Gasteiger partial charge in [0.15, 0.2) is 11.6 Å². The quantitative estimate of drug-likeness (QED) is 0.885. The van der Waals surface area contributed by atoms with Crippen molar-refractivity contribution in [2.45, 2.75) is 12.5 Å². The monoisotopic (exact) mass is 277 g/mol. The van der Waals surface area contributed by atoms with Gasteiger partial charge in [-0.25, -0.2) is 4.39 Å². The van der Waals surface area contributed by atoms with E-state index >= 15 is 0 Å². The molecule has 0 fully saturated rings. The number of aliphatic hydroxyl groups excluding tert-OH is 1. The molecule has 5 heteroatoms. The molecule has 0 aliphatic carbocycles. The maximum absolute atomic E-state index is 13.8. The van der Waals surface area contributed by atoms with Crippen LogP contribution >= 0.6 is 15.9 Å². The zero-order valence-electron chi connectivity index (χ0n) is 8.34. The molecule has 0 aliphatic heterocycles. The minimum Gasteiger partial charge on any atom is -0.494 e. The van der Waals surface area contributed by atoms with E-state index in [2.05, 4.69) is 15.9 Å². The number of hydrogen-bond acceptors (Lipinski definition) is 3. The van der Waals surface area contributed by atoms with E-state index in [4.69, 9.17) is 10.5 Å². The van der Waals surface area contributed by atoms with Gasteiger partial charge in [0.1, 0.15) is 0 Å². The van der Waals surface area contributed by atoms with E-state index in [1.165, 1.54) is 13.2 Å². The molecule has 0 radical (unpaired) electrons. The lowest BCUT2D eigenvalue weighted by molar-refractivity contribution is 0.163. The van der Waals surface area contributed by atoms with Crippen LogP contribution in [0.3, 0.4) is 0 Å². The third-order valence-corrected chi connectivity index (χ3v) is 2.78. The number of hydrogen-bond donors (Lipinski definition) is 2. The Kier molecular flexibility index (Phi) is 4.50. The second kappa shape index (κ2) is 5.44. The Morgan fingerprint density at radius 3 is 2.80 bits per heavy atom. The summed E-state index contributed by atoms with van der Waals surface area (Å²) in [6, 6.07) is 3.13. The van der Waals surface area contributed by atoms with Crippen molar-refractivity contribution in [2.24, 2.45) is 5.73 Å². The van der Waals surface area contributed by atoms with Crippen LogP contribution in [-0.2, 0) is 0 Å². The van der Waals surface area contributed by atoms with Gasteiger partial charge in [-0.15, -0.1) is 0 Å². The molecule has 1 aromatic rings. The number of rotatable bonds is 4. The van der Waals surface area contributed by atoms with Gasteiger partial charge >= 0.3 is 0 Å². The fraction of sp³-hybridized carbons (Fsp3) is 0.400. The smallest absolute Gasteiger partial charge is 0.171 e. The van der Waals surface area contributed by atoms with Crippen LogP contribution in [0.4, 0.5) is 4.39 Å². The molecule has 0 amide bonds. The number of aliphatic hydroxyl groups is 1. The lowest BCUT2D eigenvalue weighted by Crippen LogP contribution is -2.09. The average molecular weight is 278 g/mol. The van der Waals surface area contributed by atoms with E-state index in [-0.39, 0.29) is 11.3 Å². The molecule has 0 saturated heterocycles. The van der Waals surface area contributed by atoms with Gasteiger partial charge in [0.05, 0.1) is 13.2 Å². The van der Waals surface area contributed by atoms with Gasteiger partial charge < -0.3 is 15.6 Å². The summed E-state index contributed by atoms with van der Waals surface area (Å²) < 4.78 is 19.1. The molecule has 1 unspecified atom stereocenters. The van der Waals surface area contributed by atoms with Crippen LogP contribution in [0.5, 0.6) is 5.75 Å². The van der Waals surface area contributed by atoms with Crippen LogP contribution in [0.25, 0.3) is 0 Å². The Bertz CT molecular complexity index is 346. The van der Waals surface area contributed by atoms with Crippen LogP contribution in [0.15, 0.2) is 16.6 Å². The summed E-state index contributed by atoms with van der Waals surface area (Å²) in [6.45, 7) is 0.296. The third kappa shape index (κ3) is 2.68. The molecule has 1 aromatic carbocycles. The van der Waals surface area contributed by atoms with Crippen molar-refractivity contribution >= 4 is 15.9 Å². The summed E-state index contributed by atoms with van der Waals surface area (Å²) in [6.07, 6.45) is -0.609. The van der Waals surface area contributed by atoms with Gasteiger partial charge in [-0.3, -0.25) is 0 Å². The number of nitrogens with two attached hydrogens (primary N) is 1. The van der Waals surface area contributed by atoms with Crippen LogP contribution in [-0.4, -0.2) is 18.8 Å². The number of ether oxygens (including phenoxy) is 1. The normalized spacial score (nSPS) is 12.6. The summed E-state index contributed by atoms with van der Waals surface area (Å²) in [5, 5.41) is 9.70. The minimum absolute atomic E-state index is 0.115. The van der Waals surface area contributed by atoms with E-state index < -0.39 is 11.9 Å². The van der Waals surface area contributed by atoms with Gasteiger partial charge in [0, 0.05) is 10.0 Å². The standard InChI is InChI=1S/C10H13BrFNO2/c1-15-8-3-2-6(11)9(10(8)12)7(14)4-5-13/h2-3,7,14H,4-5,13H2,1H3. The lowest BCUT2D eigenvalue weighted by atomic mass is 10.1. The highest BCUT2D eigenvalue weighted by atomic mass is 79.9. The molecule has 0 heterocycles. The van der Waals surface area contributed by atoms with E-state index in [0.717, 1.165) is 0 Å². The first-order valence-corrected chi connectivity index (χ1v) is 5.31. The van der Waals surface area contributed by atoms with Crippen LogP contribution in [0.2, 0.25) is 0 Å². The molecule has 1 atom stereocenters. The largest absolute Gasteiger partial charge is 0.494 e. The molecule has 0 saturated carbocycles. The first-order chi connectivity index (χ1) is 7.11. The fourth-order valence-corrected chi connectivity index (χ4v) is 1.89. The Morgan fingerprint density at radius 1 is 1.60 bits per heavy atom. The van der Waals surface area contributed by atoms with Crippen molar-refractivity contribution in [1.29, 1.82) is 0 Å². The van der Waals surface area contributed by atoms with Gasteiger partial charge in [0.2, 0.25) is 0 Å². The summed E-state index contributed by atoms with van der Waals surface area (Å²) in [4.78, 5) is 0. The lowest BCUT2D eigenvalue weighted by Gasteiger charge is -2.14. The molecule has 3 N–H and O–H groups in total. The third-order valence-electron chi connectivity index (χ3n) is 2.08. The van der Waals surface area contributed by atoms with Crippen LogP contribution < -0.4 is 10.5 Å². The predicted octanol–water partition coefficient (Wildman–Crippen LogP) is 1.98. The van der Waals surface area contributed by atoms with Crippen molar-refractivity contribution in [2.75, 3.05) is 13.7 Å². The first kappa shape index (κ1) is 12.4. The zero-order valence-corrected chi connectivity index (χ0v) is 9.92. The number of benzene rings is 1. The molecule has 1 rings (SSSR count). The molecule has 0 aliphatic rings. The van der Waals surface area contributed by atoms with Crippen molar-refractivity contribution in [3.63, 3.8) is 0 Å². The minimum atomic E-state index is -0.917. The van der Waals surface area contributed by atoms with E-state index in [1.807, 2.05) is 0 Å². The van der Waals surface area contributed by atoms with Crippen molar-refractivity contribution in [3.8, 4) is 5.75 Å². The number of halogens is 2. The molecule has 0 bridgehead atoms. The number of methoxy groups -OCH3 is 1. The second-order valence-corrected chi connectivity index (χ2v) is 3.92. The van der Waals surface area contributed by atoms with Crippen molar-refractivity contribution in [3.05, 3.63) is 28.0 Å². The fourth-order valence-electron chi connectivity index (χ4n) is 1.31. The van der Waals surface area contributed by atoms with Gasteiger partial charge in [-0.05, 0) is 25.1 Å². The Balaban J connectivity index is 3.14. The zero-order chi connectivity index (χ0) is 11.4. The Labute approximate surface area is 96.2 Å². The van der Waals surface area contributed by atoms with Gasteiger partial charge in [0.25, 0.3) is 0 Å². The highest BCUT2D eigenvalue weighted by Gasteiger charge is 2.19. The van der Waals surface area contributed by atoms with Gasteiger partial charge in [-0.1, -0.05) is 15.9 Å². The topological polar surface area (TPSA) is 55.5 Å². The van der Waals surface area contributed by atoms with Crippen molar-refractivity contribution < 1.29 is 14.2 Å². The highest BCUT2D eigenvalue weighted by molar-refractivity contribution is 9.10. The molecule has 0 aromatic heterocycles. The summed E-state index contributed by atoms with van der Waals surface area (Å²) in [5.41, 5.74) is 5.50. The van der Waals surface area contributed by atoms with Crippen LogP contribution in [0, 0.1) is 5.82 Å². The summed E-state index contributed by atoms with van der Waals surface area (Å²) >= 11 is 3.18. The Hall–Kier alpha value is -0.650.